The summed E-state index contributed by atoms with van der Waals surface area (Å²) >= 11 is 1.28. The number of hydrogen-bond acceptors (Lipinski definition) is 9. The molecule has 0 saturated heterocycles. The first-order valence-corrected chi connectivity index (χ1v) is 14.4. The maximum absolute atomic E-state index is 11.0. The Kier molecular flexibility index (Phi) is 11.6. The van der Waals surface area contributed by atoms with E-state index in [-0.39, 0.29) is 59.6 Å². The maximum Gasteiger partial charge on any atom is 0.205 e. The van der Waals surface area contributed by atoms with Gasteiger partial charge in [-0.1, -0.05) is 11.8 Å². The van der Waals surface area contributed by atoms with Crippen molar-refractivity contribution in [1.29, 1.82) is 0 Å². The van der Waals surface area contributed by atoms with Crippen molar-refractivity contribution in [3.8, 4) is 46.0 Å². The first-order chi connectivity index (χ1) is 18.1. The lowest BCUT2D eigenvalue weighted by molar-refractivity contribution is 0.180. The van der Waals surface area contributed by atoms with Crippen LogP contribution in [-0.4, -0.2) is 46.8 Å². The van der Waals surface area contributed by atoms with Crippen LogP contribution in [0.5, 0.6) is 46.0 Å². The number of phenolic OH excluding ortho intramolecular Hbond substituents is 2. The highest BCUT2D eigenvalue weighted by molar-refractivity contribution is 7.99. The molecule has 0 bridgehead atoms. The van der Waals surface area contributed by atoms with Crippen LogP contribution >= 0.6 is 11.8 Å². The third kappa shape index (κ3) is 9.12. The van der Waals surface area contributed by atoms with Gasteiger partial charge in [0.2, 0.25) is 11.5 Å². The van der Waals surface area contributed by atoms with Crippen LogP contribution in [0.1, 0.15) is 83.1 Å². The van der Waals surface area contributed by atoms with E-state index in [0.29, 0.717) is 32.8 Å². The Morgan fingerprint density at radius 2 is 0.692 bits per heavy atom. The minimum absolute atomic E-state index is 0.0915. The zero-order valence-corrected chi connectivity index (χ0v) is 26.2. The Balaban J connectivity index is 2.99. The molecule has 0 spiro atoms. The number of phenols is 2. The molecule has 0 aliphatic carbocycles. The smallest absolute Gasteiger partial charge is 0.205 e. The molecule has 0 atom stereocenters. The molecule has 220 valence electrons. The van der Waals surface area contributed by atoms with Gasteiger partial charge in [0.15, 0.2) is 23.0 Å². The van der Waals surface area contributed by atoms with E-state index in [1.165, 1.54) is 23.9 Å². The fourth-order valence-electron chi connectivity index (χ4n) is 3.54. The molecule has 2 rings (SSSR count). The predicted molar refractivity (Wildman–Crippen MR) is 155 cm³/mol. The Hall–Kier alpha value is -2.81. The van der Waals surface area contributed by atoms with Crippen molar-refractivity contribution < 1.29 is 38.6 Å². The van der Waals surface area contributed by atoms with Crippen molar-refractivity contribution in [3.63, 3.8) is 0 Å². The number of hydrogen-bond donors (Lipinski definition) is 2. The minimum atomic E-state index is -0.231. The summed E-state index contributed by atoms with van der Waals surface area (Å²) < 4.78 is 36.9. The van der Waals surface area contributed by atoms with E-state index in [1.54, 1.807) is 0 Å². The summed E-state index contributed by atoms with van der Waals surface area (Å²) in [5.74, 6) is 1.74. The Labute approximate surface area is 237 Å². The predicted octanol–water partition coefficient (Wildman–Crippen LogP) is 7.97. The molecular formula is C30H46O8S. The second kappa shape index (κ2) is 14.0. The van der Waals surface area contributed by atoms with Crippen molar-refractivity contribution in [1.82, 2.24) is 0 Å². The van der Waals surface area contributed by atoms with E-state index in [1.807, 2.05) is 83.1 Å². The van der Waals surface area contributed by atoms with Gasteiger partial charge in [-0.3, -0.25) is 0 Å². The topological polar surface area (TPSA) is 95.8 Å². The van der Waals surface area contributed by atoms with Crippen LogP contribution < -0.4 is 28.4 Å². The Morgan fingerprint density at radius 1 is 0.436 bits per heavy atom. The lowest BCUT2D eigenvalue weighted by Crippen LogP contribution is -2.15. The van der Waals surface area contributed by atoms with Crippen LogP contribution in [0.15, 0.2) is 21.9 Å². The Bertz CT molecular complexity index is 1010. The van der Waals surface area contributed by atoms with E-state index < -0.39 is 0 Å². The second-order valence-electron chi connectivity index (χ2n) is 10.9. The van der Waals surface area contributed by atoms with Crippen LogP contribution in [0.25, 0.3) is 0 Å². The molecule has 9 heteroatoms. The van der Waals surface area contributed by atoms with E-state index in [2.05, 4.69) is 0 Å². The van der Waals surface area contributed by atoms with E-state index in [4.69, 9.17) is 28.4 Å². The summed E-state index contributed by atoms with van der Waals surface area (Å²) in [6.07, 6.45) is -1.29. The highest BCUT2D eigenvalue weighted by Crippen LogP contribution is 2.58. The molecule has 0 unspecified atom stereocenters. The molecule has 0 radical (unpaired) electrons. The van der Waals surface area contributed by atoms with Crippen LogP contribution in [0.2, 0.25) is 0 Å². The maximum atomic E-state index is 11.0. The van der Waals surface area contributed by atoms with Crippen molar-refractivity contribution in [2.75, 3.05) is 0 Å². The lowest BCUT2D eigenvalue weighted by atomic mass is 10.2. The van der Waals surface area contributed by atoms with Crippen LogP contribution in [0.3, 0.4) is 0 Å². The average Bonchev–Trinajstić information content (AvgIpc) is 2.76. The highest BCUT2D eigenvalue weighted by Gasteiger charge is 2.30. The fraction of sp³-hybridized carbons (Fsp3) is 0.600. The standard InChI is InChI=1S/C30H46O8S/c1-15(2)33-23-13-21(31)25(35-17(5)6)27(37-19(9)10)29(23)39-30-24(34-16(3)4)14-22(32)26(36-18(7)8)28(30)38-20(11)12/h13-20,31-32H,1-12H3. The quantitative estimate of drug-likeness (QED) is 0.236. The number of benzene rings is 2. The first-order valence-electron chi connectivity index (χ1n) is 13.6. The van der Waals surface area contributed by atoms with Gasteiger partial charge in [-0.15, -0.1) is 0 Å². The molecule has 8 nitrogen and oxygen atoms in total. The van der Waals surface area contributed by atoms with E-state index in [9.17, 15) is 10.2 Å². The van der Waals surface area contributed by atoms with E-state index >= 15 is 0 Å². The second-order valence-corrected chi connectivity index (χ2v) is 11.9. The molecule has 0 aliphatic rings. The summed E-state index contributed by atoms with van der Waals surface area (Å²) in [4.78, 5) is 1.13. The molecule has 0 amide bonds. The van der Waals surface area contributed by atoms with Crippen LogP contribution in [-0.2, 0) is 0 Å². The summed E-state index contributed by atoms with van der Waals surface area (Å²) in [5.41, 5.74) is 0. The van der Waals surface area contributed by atoms with E-state index in [0.717, 1.165) is 0 Å². The molecule has 0 aromatic heterocycles. The van der Waals surface area contributed by atoms with Crippen molar-refractivity contribution in [2.24, 2.45) is 0 Å². The molecule has 2 aromatic rings. The SMILES string of the molecule is CC(C)Oc1cc(O)c(OC(C)C)c(OC(C)C)c1Sc1c(OC(C)C)cc(O)c(OC(C)C)c1OC(C)C. The monoisotopic (exact) mass is 566 g/mol. The average molecular weight is 567 g/mol. The third-order valence-electron chi connectivity index (χ3n) is 4.62. The molecule has 0 aliphatic heterocycles. The van der Waals surface area contributed by atoms with Crippen molar-refractivity contribution >= 4 is 11.8 Å². The van der Waals surface area contributed by atoms with Gasteiger partial charge in [0.1, 0.15) is 21.3 Å². The van der Waals surface area contributed by atoms with Gasteiger partial charge in [0, 0.05) is 12.1 Å². The zero-order valence-electron chi connectivity index (χ0n) is 25.4. The lowest BCUT2D eigenvalue weighted by Gasteiger charge is -2.26. The van der Waals surface area contributed by atoms with Gasteiger partial charge in [0.25, 0.3) is 0 Å². The Morgan fingerprint density at radius 3 is 0.949 bits per heavy atom. The minimum Gasteiger partial charge on any atom is -0.504 e. The summed E-state index contributed by atoms with van der Waals surface area (Å²) in [5, 5.41) is 21.9. The fourth-order valence-corrected chi connectivity index (χ4v) is 4.62. The summed E-state index contributed by atoms with van der Waals surface area (Å²) in [7, 11) is 0. The molecule has 0 heterocycles. The zero-order chi connectivity index (χ0) is 29.6. The highest BCUT2D eigenvalue weighted by atomic mass is 32.2. The van der Waals surface area contributed by atoms with Gasteiger partial charge in [-0.2, -0.15) is 0 Å². The molecule has 2 aromatic carbocycles. The number of aromatic hydroxyl groups is 2. The van der Waals surface area contributed by atoms with Gasteiger partial charge in [-0.05, 0) is 83.1 Å². The summed E-state index contributed by atoms with van der Waals surface area (Å²) in [6.45, 7) is 22.7. The van der Waals surface area contributed by atoms with Gasteiger partial charge in [-0.25, -0.2) is 0 Å². The summed E-state index contributed by atoms with van der Waals surface area (Å²) in [6, 6.07) is 3.07. The molecule has 0 saturated carbocycles. The van der Waals surface area contributed by atoms with Crippen molar-refractivity contribution in [3.05, 3.63) is 12.1 Å². The first kappa shape index (κ1) is 32.4. The van der Waals surface area contributed by atoms with Gasteiger partial charge >= 0.3 is 0 Å². The largest absolute Gasteiger partial charge is 0.504 e. The van der Waals surface area contributed by atoms with Gasteiger partial charge < -0.3 is 38.6 Å². The molecule has 39 heavy (non-hydrogen) atoms. The number of rotatable bonds is 14. The van der Waals surface area contributed by atoms with Gasteiger partial charge in [0.05, 0.1) is 36.6 Å². The van der Waals surface area contributed by atoms with Crippen LogP contribution in [0, 0.1) is 0 Å². The van der Waals surface area contributed by atoms with Crippen molar-refractivity contribution in [2.45, 2.75) is 129 Å². The number of ether oxygens (including phenoxy) is 6. The third-order valence-corrected chi connectivity index (χ3v) is 5.80. The van der Waals surface area contributed by atoms with Crippen LogP contribution in [0.4, 0.5) is 0 Å². The molecular weight excluding hydrogens is 520 g/mol. The normalized spacial score (nSPS) is 11.7. The molecule has 0 fully saturated rings. The molecule has 2 N–H and O–H groups in total.